The van der Waals surface area contributed by atoms with Gasteiger partial charge in [0.05, 0.1) is 12.2 Å². The highest BCUT2D eigenvalue weighted by Gasteiger charge is 2.66. The summed E-state index contributed by atoms with van der Waals surface area (Å²) in [5.41, 5.74) is 0. The van der Waals surface area contributed by atoms with Gasteiger partial charge in [-0.25, -0.2) is 0 Å². The maximum Gasteiger partial charge on any atom is 0.324 e. The summed E-state index contributed by atoms with van der Waals surface area (Å²) in [5.74, 6) is -3.26. The molecule has 0 radical (unpaired) electrons. The molecule has 6 heteroatoms. The van der Waals surface area contributed by atoms with Crippen LogP contribution in [0.2, 0.25) is 0 Å². The largest absolute Gasteiger partial charge is 0.481 e. The van der Waals surface area contributed by atoms with Crippen molar-refractivity contribution >= 4 is 27.9 Å². The smallest absolute Gasteiger partial charge is 0.324 e. The molecule has 0 amide bonds. The van der Waals surface area contributed by atoms with E-state index in [1.54, 1.807) is 0 Å². The number of carbonyl (C=O) groups is 2. The molecule has 4 atom stereocenters. The molecule has 2 rings (SSSR count). The van der Waals surface area contributed by atoms with E-state index in [-0.39, 0.29) is 0 Å². The average molecular weight is 265 g/mol. The Balaban J connectivity index is 2.39. The standard InChI is InChI=1S/C8H9BrO5/c9-8(7(12)13)4-2-1-3(14-4)5(8)6(10)11/h3-5H,1-2H2,(H,10,11)(H,12,13)/t3-,4+,5+,8-/m1/s1. The Labute approximate surface area is 88.2 Å². The van der Waals surface area contributed by atoms with Crippen LogP contribution in [0.15, 0.2) is 0 Å². The van der Waals surface area contributed by atoms with Crippen LogP contribution in [0.25, 0.3) is 0 Å². The molecule has 2 heterocycles. The number of halogens is 1. The van der Waals surface area contributed by atoms with E-state index in [9.17, 15) is 9.59 Å². The van der Waals surface area contributed by atoms with E-state index in [1.165, 1.54) is 0 Å². The van der Waals surface area contributed by atoms with Gasteiger partial charge in [0.15, 0.2) is 4.32 Å². The molecule has 2 bridgehead atoms. The summed E-state index contributed by atoms with van der Waals surface area (Å²) in [5, 5.41) is 18.0. The van der Waals surface area contributed by atoms with E-state index in [1.807, 2.05) is 0 Å². The molecule has 0 aromatic heterocycles. The summed E-state index contributed by atoms with van der Waals surface area (Å²) in [7, 11) is 0. The second kappa shape index (κ2) is 2.93. The topological polar surface area (TPSA) is 83.8 Å². The van der Waals surface area contributed by atoms with Crippen LogP contribution in [-0.2, 0) is 14.3 Å². The molecule has 2 aliphatic rings. The zero-order valence-electron chi connectivity index (χ0n) is 7.14. The zero-order valence-corrected chi connectivity index (χ0v) is 8.73. The van der Waals surface area contributed by atoms with Crippen LogP contribution < -0.4 is 0 Å². The maximum absolute atomic E-state index is 11.0. The number of hydrogen-bond acceptors (Lipinski definition) is 3. The van der Waals surface area contributed by atoms with Crippen LogP contribution in [0.4, 0.5) is 0 Å². The van der Waals surface area contributed by atoms with Gasteiger partial charge in [0, 0.05) is 0 Å². The van der Waals surface area contributed by atoms with Crippen molar-refractivity contribution in [2.75, 3.05) is 0 Å². The fraction of sp³-hybridized carbons (Fsp3) is 0.750. The van der Waals surface area contributed by atoms with Gasteiger partial charge in [-0.05, 0) is 12.8 Å². The van der Waals surface area contributed by atoms with Gasteiger partial charge in [-0.15, -0.1) is 0 Å². The Bertz CT molecular complexity index is 304. The molecular weight excluding hydrogens is 256 g/mol. The minimum Gasteiger partial charge on any atom is -0.481 e. The van der Waals surface area contributed by atoms with Gasteiger partial charge in [-0.1, -0.05) is 15.9 Å². The number of carboxylic acids is 2. The minimum absolute atomic E-state index is 0.465. The Morgan fingerprint density at radius 1 is 1.36 bits per heavy atom. The average Bonchev–Trinajstić information content (AvgIpc) is 2.61. The summed E-state index contributed by atoms with van der Waals surface area (Å²) >= 11 is 3.03. The summed E-state index contributed by atoms with van der Waals surface area (Å²) in [6.07, 6.45) is 0.243. The van der Waals surface area contributed by atoms with E-state index in [0.29, 0.717) is 12.8 Å². The summed E-state index contributed by atoms with van der Waals surface area (Å²) in [6.45, 7) is 0. The number of carboxylic acid groups (broad SMARTS) is 2. The lowest BCUT2D eigenvalue weighted by molar-refractivity contribution is -0.151. The lowest BCUT2D eigenvalue weighted by Gasteiger charge is -2.29. The van der Waals surface area contributed by atoms with Gasteiger partial charge in [-0.3, -0.25) is 9.59 Å². The molecule has 2 fully saturated rings. The third kappa shape index (κ3) is 1.04. The fourth-order valence-electron chi connectivity index (χ4n) is 2.30. The van der Waals surface area contributed by atoms with Crippen LogP contribution in [0, 0.1) is 5.92 Å². The van der Waals surface area contributed by atoms with Gasteiger partial charge in [0.25, 0.3) is 0 Å². The number of ether oxygens (including phenoxy) is 1. The molecule has 78 valence electrons. The molecule has 5 nitrogen and oxygen atoms in total. The molecule has 0 saturated carbocycles. The maximum atomic E-state index is 11.0. The van der Waals surface area contributed by atoms with Gasteiger partial charge in [0.2, 0.25) is 0 Å². The molecule has 0 aromatic carbocycles. The first kappa shape index (κ1) is 9.92. The Hall–Kier alpha value is -0.620. The van der Waals surface area contributed by atoms with Crippen LogP contribution in [0.3, 0.4) is 0 Å². The molecule has 14 heavy (non-hydrogen) atoms. The third-order valence-electron chi connectivity index (χ3n) is 2.94. The van der Waals surface area contributed by atoms with Crippen molar-refractivity contribution in [3.05, 3.63) is 0 Å². The number of fused-ring (bicyclic) bond motifs is 2. The molecule has 0 aliphatic carbocycles. The van der Waals surface area contributed by atoms with Gasteiger partial charge < -0.3 is 14.9 Å². The Morgan fingerprint density at radius 3 is 2.43 bits per heavy atom. The Kier molecular flexibility index (Phi) is 2.08. The predicted octanol–water partition coefficient (Wildman–Crippen LogP) is 0.467. The molecule has 0 aromatic rings. The summed E-state index contributed by atoms with van der Waals surface area (Å²) in [4.78, 5) is 22.0. The highest BCUT2D eigenvalue weighted by atomic mass is 79.9. The van der Waals surface area contributed by atoms with E-state index < -0.39 is 34.4 Å². The molecular formula is C8H9BrO5. The van der Waals surface area contributed by atoms with Crippen molar-refractivity contribution in [1.29, 1.82) is 0 Å². The number of alkyl halides is 1. The van der Waals surface area contributed by atoms with Crippen LogP contribution in [0.1, 0.15) is 12.8 Å². The monoisotopic (exact) mass is 264 g/mol. The first-order valence-corrected chi connectivity index (χ1v) is 5.07. The van der Waals surface area contributed by atoms with E-state index in [4.69, 9.17) is 14.9 Å². The van der Waals surface area contributed by atoms with Gasteiger partial charge >= 0.3 is 11.9 Å². The molecule has 2 aliphatic heterocycles. The third-order valence-corrected chi connectivity index (χ3v) is 4.28. The fourth-order valence-corrected chi connectivity index (χ4v) is 3.12. The van der Waals surface area contributed by atoms with Crippen LogP contribution in [-0.4, -0.2) is 38.7 Å². The minimum atomic E-state index is -1.44. The lowest BCUT2D eigenvalue weighted by atomic mass is 9.79. The first-order valence-electron chi connectivity index (χ1n) is 4.28. The van der Waals surface area contributed by atoms with Crippen LogP contribution >= 0.6 is 15.9 Å². The lowest BCUT2D eigenvalue weighted by Crippen LogP contribution is -2.51. The van der Waals surface area contributed by atoms with Gasteiger partial charge in [-0.2, -0.15) is 0 Å². The van der Waals surface area contributed by atoms with Crippen molar-refractivity contribution in [2.45, 2.75) is 29.4 Å². The van der Waals surface area contributed by atoms with E-state index in [0.717, 1.165) is 0 Å². The highest BCUT2D eigenvalue weighted by molar-refractivity contribution is 9.10. The molecule has 2 N–H and O–H groups in total. The van der Waals surface area contributed by atoms with E-state index >= 15 is 0 Å². The zero-order chi connectivity index (χ0) is 10.5. The number of aliphatic carboxylic acids is 2. The number of hydrogen-bond donors (Lipinski definition) is 2. The Morgan fingerprint density at radius 2 is 2.00 bits per heavy atom. The predicted molar refractivity (Wildman–Crippen MR) is 48.3 cm³/mol. The van der Waals surface area contributed by atoms with Crippen molar-refractivity contribution < 1.29 is 24.5 Å². The second-order valence-corrected chi connectivity index (χ2v) is 4.94. The molecule has 0 unspecified atom stereocenters. The normalized spacial score (nSPS) is 45.4. The number of rotatable bonds is 2. The highest BCUT2D eigenvalue weighted by Crippen LogP contribution is 2.51. The van der Waals surface area contributed by atoms with Crippen molar-refractivity contribution in [2.24, 2.45) is 5.92 Å². The first-order chi connectivity index (χ1) is 6.48. The summed E-state index contributed by atoms with van der Waals surface area (Å²) < 4.78 is 3.87. The van der Waals surface area contributed by atoms with Crippen molar-refractivity contribution in [1.82, 2.24) is 0 Å². The SMILES string of the molecule is O=C(O)[C@@H]1[C@H]2CC[C@H](O2)[C@]1(Br)C(=O)O. The van der Waals surface area contributed by atoms with Gasteiger partial charge in [0.1, 0.15) is 5.92 Å². The van der Waals surface area contributed by atoms with Crippen molar-refractivity contribution in [3.8, 4) is 0 Å². The van der Waals surface area contributed by atoms with Crippen LogP contribution in [0.5, 0.6) is 0 Å². The van der Waals surface area contributed by atoms with Crippen molar-refractivity contribution in [3.63, 3.8) is 0 Å². The summed E-state index contributed by atoms with van der Waals surface area (Å²) in [6, 6.07) is 0. The second-order valence-electron chi connectivity index (χ2n) is 3.63. The molecule has 0 spiro atoms. The van der Waals surface area contributed by atoms with E-state index in [2.05, 4.69) is 15.9 Å². The molecule has 2 saturated heterocycles. The quantitative estimate of drug-likeness (QED) is 0.709.